The van der Waals surface area contributed by atoms with Crippen molar-refractivity contribution in [3.8, 4) is 0 Å². The third-order valence-electron chi connectivity index (χ3n) is 2.78. The number of nitrogens with zero attached hydrogens (tertiary/aromatic N) is 1. The molecule has 1 heterocycles. The van der Waals surface area contributed by atoms with Crippen molar-refractivity contribution in [3.63, 3.8) is 0 Å². The van der Waals surface area contributed by atoms with Gasteiger partial charge in [0.1, 0.15) is 5.82 Å². The highest BCUT2D eigenvalue weighted by atomic mass is 79.9. The van der Waals surface area contributed by atoms with Crippen LogP contribution in [0.2, 0.25) is 0 Å². The molecule has 1 aromatic carbocycles. The Labute approximate surface area is 118 Å². The largest absolute Gasteiger partial charge is 0.332 e. The highest BCUT2D eigenvalue weighted by Crippen LogP contribution is 2.23. The normalized spacial score (nSPS) is 15.2. The molecule has 0 spiro atoms. The van der Waals surface area contributed by atoms with Crippen LogP contribution in [0.15, 0.2) is 22.7 Å². The number of rotatable bonds is 1. The Morgan fingerprint density at radius 3 is 2.63 bits per heavy atom. The molecule has 1 aliphatic heterocycles. The lowest BCUT2D eigenvalue weighted by Gasteiger charge is -2.26. The SMILES string of the molecule is O=C(Nc1ccc(F)cc1Br)C(=O)N1CCNCC1. The van der Waals surface area contributed by atoms with E-state index in [2.05, 4.69) is 26.6 Å². The van der Waals surface area contributed by atoms with Crippen molar-refractivity contribution in [3.05, 3.63) is 28.5 Å². The van der Waals surface area contributed by atoms with Gasteiger partial charge in [-0.1, -0.05) is 0 Å². The van der Waals surface area contributed by atoms with Gasteiger partial charge in [0.2, 0.25) is 0 Å². The molecule has 102 valence electrons. The van der Waals surface area contributed by atoms with E-state index in [0.29, 0.717) is 36.3 Å². The van der Waals surface area contributed by atoms with Crippen LogP contribution in [0.3, 0.4) is 0 Å². The number of carbonyl (C=O) groups is 2. The number of nitrogens with one attached hydrogen (secondary N) is 2. The van der Waals surface area contributed by atoms with E-state index in [4.69, 9.17) is 0 Å². The van der Waals surface area contributed by atoms with Crippen LogP contribution < -0.4 is 10.6 Å². The first kappa shape index (κ1) is 14.0. The van der Waals surface area contributed by atoms with Gasteiger partial charge >= 0.3 is 11.8 Å². The minimum absolute atomic E-state index is 0.370. The molecule has 2 rings (SSSR count). The molecule has 0 saturated carbocycles. The van der Waals surface area contributed by atoms with Gasteiger partial charge in [-0.3, -0.25) is 9.59 Å². The maximum Gasteiger partial charge on any atom is 0.313 e. The van der Waals surface area contributed by atoms with Gasteiger partial charge in [-0.15, -0.1) is 0 Å². The van der Waals surface area contributed by atoms with Crippen molar-refractivity contribution >= 4 is 33.4 Å². The molecular formula is C12H13BrFN3O2. The zero-order chi connectivity index (χ0) is 13.8. The summed E-state index contributed by atoms with van der Waals surface area (Å²) in [6, 6.07) is 3.85. The van der Waals surface area contributed by atoms with Gasteiger partial charge < -0.3 is 15.5 Å². The first-order valence-electron chi connectivity index (χ1n) is 5.84. The third kappa shape index (κ3) is 3.51. The highest BCUT2D eigenvalue weighted by molar-refractivity contribution is 9.10. The molecule has 1 aromatic rings. The number of hydrogen-bond donors (Lipinski definition) is 2. The van der Waals surface area contributed by atoms with Crippen LogP contribution in [0.1, 0.15) is 0 Å². The van der Waals surface area contributed by atoms with Crippen molar-refractivity contribution in [1.29, 1.82) is 0 Å². The van der Waals surface area contributed by atoms with Crippen molar-refractivity contribution in [2.45, 2.75) is 0 Å². The topological polar surface area (TPSA) is 61.4 Å². The number of benzene rings is 1. The lowest BCUT2D eigenvalue weighted by Crippen LogP contribution is -2.49. The quantitative estimate of drug-likeness (QED) is 0.754. The Hall–Kier alpha value is -1.47. The van der Waals surface area contributed by atoms with Crippen molar-refractivity contribution in [1.82, 2.24) is 10.2 Å². The molecule has 0 unspecified atom stereocenters. The maximum absolute atomic E-state index is 12.9. The van der Waals surface area contributed by atoms with E-state index in [1.807, 2.05) is 0 Å². The van der Waals surface area contributed by atoms with Gasteiger partial charge in [0.15, 0.2) is 0 Å². The molecule has 19 heavy (non-hydrogen) atoms. The van der Waals surface area contributed by atoms with Crippen LogP contribution in [0.5, 0.6) is 0 Å². The Morgan fingerprint density at radius 1 is 1.32 bits per heavy atom. The second-order valence-corrected chi connectivity index (χ2v) is 4.97. The van der Waals surface area contributed by atoms with Crippen LogP contribution in [0, 0.1) is 5.82 Å². The first-order chi connectivity index (χ1) is 9.08. The van der Waals surface area contributed by atoms with E-state index < -0.39 is 17.6 Å². The average molecular weight is 330 g/mol. The van der Waals surface area contributed by atoms with E-state index in [1.54, 1.807) is 0 Å². The van der Waals surface area contributed by atoms with E-state index >= 15 is 0 Å². The molecule has 5 nitrogen and oxygen atoms in total. The summed E-state index contributed by atoms with van der Waals surface area (Å²) in [6.07, 6.45) is 0. The molecule has 7 heteroatoms. The second-order valence-electron chi connectivity index (χ2n) is 4.12. The fourth-order valence-corrected chi connectivity index (χ4v) is 2.23. The molecule has 1 saturated heterocycles. The lowest BCUT2D eigenvalue weighted by atomic mass is 10.3. The molecule has 2 amide bonds. The van der Waals surface area contributed by atoms with E-state index in [9.17, 15) is 14.0 Å². The monoisotopic (exact) mass is 329 g/mol. The Kier molecular flexibility index (Phi) is 4.49. The number of carbonyl (C=O) groups excluding carboxylic acids is 2. The molecule has 1 aliphatic rings. The summed E-state index contributed by atoms with van der Waals surface area (Å²) in [5.74, 6) is -1.70. The Morgan fingerprint density at radius 2 is 2.00 bits per heavy atom. The number of anilines is 1. The van der Waals surface area contributed by atoms with Crippen LogP contribution in [0.25, 0.3) is 0 Å². The fourth-order valence-electron chi connectivity index (χ4n) is 1.78. The van der Waals surface area contributed by atoms with Gasteiger partial charge in [-0.2, -0.15) is 0 Å². The third-order valence-corrected chi connectivity index (χ3v) is 3.43. The standard InChI is InChI=1S/C12H13BrFN3O2/c13-9-7-8(14)1-2-10(9)16-11(18)12(19)17-5-3-15-4-6-17/h1-2,7,15H,3-6H2,(H,16,18). The van der Waals surface area contributed by atoms with E-state index in [1.165, 1.54) is 23.1 Å². The van der Waals surface area contributed by atoms with E-state index in [0.717, 1.165) is 0 Å². The zero-order valence-corrected chi connectivity index (χ0v) is 11.7. The summed E-state index contributed by atoms with van der Waals surface area (Å²) in [5, 5.41) is 5.57. The number of hydrogen-bond acceptors (Lipinski definition) is 3. The summed E-state index contributed by atoms with van der Waals surface area (Å²) in [5.41, 5.74) is 0.370. The van der Waals surface area contributed by atoms with Crippen molar-refractivity contribution in [2.75, 3.05) is 31.5 Å². The van der Waals surface area contributed by atoms with Gasteiger partial charge in [0.05, 0.1) is 5.69 Å². The Bertz CT molecular complexity index is 504. The lowest BCUT2D eigenvalue weighted by molar-refractivity contribution is -0.143. The van der Waals surface area contributed by atoms with Crippen molar-refractivity contribution < 1.29 is 14.0 Å². The van der Waals surface area contributed by atoms with Crippen LogP contribution in [0.4, 0.5) is 10.1 Å². The molecule has 0 aromatic heterocycles. The second kappa shape index (κ2) is 6.12. The molecular weight excluding hydrogens is 317 g/mol. The molecule has 0 bridgehead atoms. The molecule has 0 atom stereocenters. The smallest absolute Gasteiger partial charge is 0.313 e. The summed E-state index contributed by atoms with van der Waals surface area (Å²) < 4.78 is 13.3. The van der Waals surface area contributed by atoms with Crippen LogP contribution >= 0.6 is 15.9 Å². The highest BCUT2D eigenvalue weighted by Gasteiger charge is 2.23. The van der Waals surface area contributed by atoms with E-state index in [-0.39, 0.29) is 0 Å². The van der Waals surface area contributed by atoms with Gasteiger partial charge in [0.25, 0.3) is 0 Å². The summed E-state index contributed by atoms with van der Waals surface area (Å²) in [6.45, 7) is 2.38. The van der Waals surface area contributed by atoms with Gasteiger partial charge in [-0.05, 0) is 34.1 Å². The predicted molar refractivity (Wildman–Crippen MR) is 72.2 cm³/mol. The molecule has 0 aliphatic carbocycles. The predicted octanol–water partition coefficient (Wildman–Crippen LogP) is 0.958. The zero-order valence-electron chi connectivity index (χ0n) is 10.1. The van der Waals surface area contributed by atoms with Gasteiger partial charge in [-0.25, -0.2) is 4.39 Å². The first-order valence-corrected chi connectivity index (χ1v) is 6.63. The Balaban J connectivity index is 2.01. The molecule has 1 fully saturated rings. The number of piperazine rings is 1. The summed E-state index contributed by atoms with van der Waals surface area (Å²) in [7, 11) is 0. The van der Waals surface area contributed by atoms with Gasteiger partial charge in [0, 0.05) is 30.7 Å². The van der Waals surface area contributed by atoms with Crippen molar-refractivity contribution in [2.24, 2.45) is 0 Å². The fraction of sp³-hybridized carbons (Fsp3) is 0.333. The minimum atomic E-state index is -0.714. The molecule has 2 N–H and O–H groups in total. The van der Waals surface area contributed by atoms with Crippen LogP contribution in [-0.2, 0) is 9.59 Å². The average Bonchev–Trinajstić information content (AvgIpc) is 2.42. The number of amides is 2. The maximum atomic E-state index is 12.9. The molecule has 0 radical (unpaired) electrons. The number of halogens is 2. The minimum Gasteiger partial charge on any atom is -0.332 e. The summed E-state index contributed by atoms with van der Waals surface area (Å²) in [4.78, 5) is 25.2. The van der Waals surface area contributed by atoms with Crippen LogP contribution in [-0.4, -0.2) is 42.9 Å². The summed E-state index contributed by atoms with van der Waals surface area (Å²) >= 11 is 3.13.